The minimum Gasteiger partial charge on any atom is -0.495 e. The Morgan fingerprint density at radius 1 is 1.24 bits per heavy atom. The van der Waals surface area contributed by atoms with Gasteiger partial charge in [-0.1, -0.05) is 0 Å². The smallest absolute Gasteiger partial charge is 0.335 e. The molecule has 0 aliphatic heterocycles. The van der Waals surface area contributed by atoms with Gasteiger partial charge < -0.3 is 25.2 Å². The van der Waals surface area contributed by atoms with Crippen molar-refractivity contribution in [2.24, 2.45) is 0 Å². The zero-order valence-corrected chi connectivity index (χ0v) is 11.8. The molecule has 1 atom stereocenters. The molecule has 0 radical (unpaired) electrons. The third-order valence-electron chi connectivity index (χ3n) is 2.60. The predicted octanol–water partition coefficient (Wildman–Crippen LogP) is 1.08. The van der Waals surface area contributed by atoms with Gasteiger partial charge >= 0.3 is 18.0 Å². The van der Waals surface area contributed by atoms with Crippen LogP contribution in [-0.2, 0) is 9.53 Å². The highest BCUT2D eigenvalue weighted by molar-refractivity contribution is 5.96. The Labute approximate surface area is 121 Å². The maximum Gasteiger partial charge on any atom is 0.335 e. The van der Waals surface area contributed by atoms with E-state index in [9.17, 15) is 14.4 Å². The molecule has 0 aliphatic carbocycles. The molecule has 0 fully saturated rings. The fourth-order valence-electron chi connectivity index (χ4n) is 1.53. The van der Waals surface area contributed by atoms with Crippen molar-refractivity contribution in [3.05, 3.63) is 23.8 Å². The highest BCUT2D eigenvalue weighted by Gasteiger charge is 2.17. The van der Waals surface area contributed by atoms with Crippen LogP contribution in [0.15, 0.2) is 18.2 Å². The Balaban J connectivity index is 2.85. The fraction of sp³-hybridized carbons (Fsp3) is 0.308. The Morgan fingerprint density at radius 2 is 1.90 bits per heavy atom. The topological polar surface area (TPSA) is 114 Å². The van der Waals surface area contributed by atoms with E-state index < -0.39 is 24.0 Å². The normalized spacial score (nSPS) is 11.2. The minimum absolute atomic E-state index is 0.00730. The molecule has 0 heterocycles. The van der Waals surface area contributed by atoms with Crippen LogP contribution in [0.1, 0.15) is 17.3 Å². The molecular formula is C13H16N2O6. The number of carbonyl (C=O) groups excluding carboxylic acids is 2. The van der Waals surface area contributed by atoms with Crippen molar-refractivity contribution in [3.63, 3.8) is 0 Å². The number of hydrogen-bond acceptors (Lipinski definition) is 5. The van der Waals surface area contributed by atoms with E-state index in [0.29, 0.717) is 5.75 Å². The summed E-state index contributed by atoms with van der Waals surface area (Å²) in [6.45, 7) is 1.45. The summed E-state index contributed by atoms with van der Waals surface area (Å²) >= 11 is 0. The summed E-state index contributed by atoms with van der Waals surface area (Å²) in [5, 5.41) is 13.7. The quantitative estimate of drug-likeness (QED) is 0.700. The summed E-state index contributed by atoms with van der Waals surface area (Å²) in [6, 6.07) is 2.49. The maximum atomic E-state index is 11.8. The van der Waals surface area contributed by atoms with Gasteiger partial charge in [0.25, 0.3) is 0 Å². The van der Waals surface area contributed by atoms with Gasteiger partial charge in [0.05, 0.1) is 25.5 Å². The minimum atomic E-state index is -1.14. The number of methoxy groups -OCH3 is 2. The van der Waals surface area contributed by atoms with Gasteiger partial charge in [-0.3, -0.25) is 0 Å². The second-order valence-corrected chi connectivity index (χ2v) is 4.06. The lowest BCUT2D eigenvalue weighted by molar-refractivity contribution is -0.142. The third-order valence-corrected chi connectivity index (χ3v) is 2.60. The van der Waals surface area contributed by atoms with Crippen LogP contribution in [0.25, 0.3) is 0 Å². The summed E-state index contributed by atoms with van der Waals surface area (Å²) in [7, 11) is 2.59. The number of hydrogen-bond donors (Lipinski definition) is 3. The van der Waals surface area contributed by atoms with Gasteiger partial charge in [-0.05, 0) is 25.1 Å². The second kappa shape index (κ2) is 7.13. The predicted molar refractivity (Wildman–Crippen MR) is 73.6 cm³/mol. The van der Waals surface area contributed by atoms with Crippen molar-refractivity contribution in [1.82, 2.24) is 5.32 Å². The summed E-state index contributed by atoms with van der Waals surface area (Å²) in [6.07, 6.45) is 0. The number of benzene rings is 1. The van der Waals surface area contributed by atoms with Gasteiger partial charge in [-0.15, -0.1) is 0 Å². The molecule has 0 aliphatic rings. The Kier molecular flexibility index (Phi) is 5.53. The monoisotopic (exact) mass is 296 g/mol. The first-order chi connectivity index (χ1) is 9.88. The summed E-state index contributed by atoms with van der Waals surface area (Å²) in [5.41, 5.74) is 0.166. The van der Waals surface area contributed by atoms with E-state index in [-0.39, 0.29) is 11.3 Å². The molecule has 2 amide bonds. The number of esters is 1. The molecule has 0 spiro atoms. The summed E-state index contributed by atoms with van der Waals surface area (Å²) in [5.74, 6) is -1.44. The number of ether oxygens (including phenoxy) is 2. The van der Waals surface area contributed by atoms with Crippen LogP contribution < -0.4 is 15.4 Å². The standard InChI is InChI=1S/C13H16N2O6/c1-7(12(18)21-3)14-13(19)15-9-6-8(11(16)17)4-5-10(9)20-2/h4-7H,1-3H3,(H,16,17)(H2,14,15,19). The van der Waals surface area contributed by atoms with E-state index >= 15 is 0 Å². The number of anilines is 1. The zero-order valence-electron chi connectivity index (χ0n) is 11.8. The molecule has 0 aromatic heterocycles. The molecule has 8 nitrogen and oxygen atoms in total. The van der Waals surface area contributed by atoms with Gasteiger partial charge in [-0.25, -0.2) is 14.4 Å². The molecule has 21 heavy (non-hydrogen) atoms. The van der Waals surface area contributed by atoms with Crippen molar-refractivity contribution < 1.29 is 29.0 Å². The molecule has 114 valence electrons. The van der Waals surface area contributed by atoms with Crippen molar-refractivity contribution in [2.75, 3.05) is 19.5 Å². The first-order valence-electron chi connectivity index (χ1n) is 5.95. The lowest BCUT2D eigenvalue weighted by atomic mass is 10.2. The van der Waals surface area contributed by atoms with E-state index in [1.54, 1.807) is 0 Å². The Hall–Kier alpha value is -2.77. The third kappa shape index (κ3) is 4.37. The van der Waals surface area contributed by atoms with E-state index in [1.807, 2.05) is 0 Å². The first kappa shape index (κ1) is 16.3. The van der Waals surface area contributed by atoms with Crippen LogP contribution in [0.2, 0.25) is 0 Å². The molecular weight excluding hydrogens is 280 g/mol. The lowest BCUT2D eigenvalue weighted by Crippen LogP contribution is -2.41. The molecule has 8 heteroatoms. The number of aromatic carboxylic acids is 1. The average molecular weight is 296 g/mol. The molecule has 3 N–H and O–H groups in total. The molecule has 1 rings (SSSR count). The van der Waals surface area contributed by atoms with Crippen LogP contribution in [0, 0.1) is 0 Å². The molecule has 0 bridgehead atoms. The zero-order chi connectivity index (χ0) is 16.0. The average Bonchev–Trinajstić information content (AvgIpc) is 2.45. The molecule has 1 aromatic carbocycles. The number of nitrogens with one attached hydrogen (secondary N) is 2. The van der Waals surface area contributed by atoms with Crippen molar-refractivity contribution >= 4 is 23.7 Å². The Morgan fingerprint density at radius 3 is 2.43 bits per heavy atom. The van der Waals surface area contributed by atoms with E-state index in [1.165, 1.54) is 39.3 Å². The maximum absolute atomic E-state index is 11.8. The van der Waals surface area contributed by atoms with Gasteiger partial charge in [0, 0.05) is 0 Å². The highest BCUT2D eigenvalue weighted by atomic mass is 16.5. The number of carbonyl (C=O) groups is 3. The highest BCUT2D eigenvalue weighted by Crippen LogP contribution is 2.25. The van der Waals surface area contributed by atoms with E-state index in [0.717, 1.165) is 0 Å². The summed E-state index contributed by atoms with van der Waals surface area (Å²) < 4.78 is 9.50. The van der Waals surface area contributed by atoms with Gasteiger partial charge in [0.2, 0.25) is 0 Å². The van der Waals surface area contributed by atoms with Crippen molar-refractivity contribution in [1.29, 1.82) is 0 Å². The van der Waals surface area contributed by atoms with Crippen LogP contribution >= 0.6 is 0 Å². The molecule has 0 saturated carbocycles. The van der Waals surface area contributed by atoms with Crippen molar-refractivity contribution in [3.8, 4) is 5.75 Å². The largest absolute Gasteiger partial charge is 0.495 e. The van der Waals surface area contributed by atoms with E-state index in [4.69, 9.17) is 9.84 Å². The number of carboxylic acid groups (broad SMARTS) is 1. The molecule has 1 aromatic rings. The van der Waals surface area contributed by atoms with Gasteiger partial charge in [0.15, 0.2) is 0 Å². The van der Waals surface area contributed by atoms with Crippen LogP contribution in [0.3, 0.4) is 0 Å². The Bertz CT molecular complexity index is 558. The number of amides is 2. The van der Waals surface area contributed by atoms with Gasteiger partial charge in [-0.2, -0.15) is 0 Å². The number of rotatable bonds is 5. The van der Waals surface area contributed by atoms with Crippen LogP contribution in [0.4, 0.5) is 10.5 Å². The molecule has 1 unspecified atom stereocenters. The second-order valence-electron chi connectivity index (χ2n) is 4.06. The SMILES string of the molecule is COC(=O)C(C)NC(=O)Nc1cc(C(=O)O)ccc1OC. The fourth-order valence-corrected chi connectivity index (χ4v) is 1.53. The first-order valence-corrected chi connectivity index (χ1v) is 5.95. The van der Waals surface area contributed by atoms with Crippen molar-refractivity contribution in [2.45, 2.75) is 13.0 Å². The summed E-state index contributed by atoms with van der Waals surface area (Å²) in [4.78, 5) is 33.9. The molecule has 0 saturated heterocycles. The van der Waals surface area contributed by atoms with Gasteiger partial charge in [0.1, 0.15) is 11.8 Å². The number of carboxylic acids is 1. The van der Waals surface area contributed by atoms with Crippen LogP contribution in [0.5, 0.6) is 5.75 Å². The van der Waals surface area contributed by atoms with E-state index in [2.05, 4.69) is 15.4 Å². The lowest BCUT2D eigenvalue weighted by Gasteiger charge is -2.14. The number of urea groups is 1. The van der Waals surface area contributed by atoms with Crippen LogP contribution in [-0.4, -0.2) is 43.3 Å².